The highest BCUT2D eigenvalue weighted by atomic mass is 16.5. The van der Waals surface area contributed by atoms with Gasteiger partial charge < -0.3 is 19.9 Å². The molecule has 0 aromatic carbocycles. The molecule has 2 aliphatic heterocycles. The van der Waals surface area contributed by atoms with Gasteiger partial charge in [-0.2, -0.15) is 0 Å². The predicted molar refractivity (Wildman–Crippen MR) is 86.0 cm³/mol. The van der Waals surface area contributed by atoms with E-state index in [-0.39, 0.29) is 30.7 Å². The van der Waals surface area contributed by atoms with Crippen molar-refractivity contribution in [1.82, 2.24) is 20.1 Å². The number of hydrogen-bond donors (Lipinski definition) is 1. The average molecular weight is 330 g/mol. The molecule has 0 spiro atoms. The van der Waals surface area contributed by atoms with Gasteiger partial charge in [0.05, 0.1) is 18.7 Å². The van der Waals surface area contributed by atoms with Crippen molar-refractivity contribution >= 4 is 11.9 Å². The number of morpholine rings is 1. The van der Waals surface area contributed by atoms with Gasteiger partial charge in [0.15, 0.2) is 0 Å². The van der Waals surface area contributed by atoms with Crippen molar-refractivity contribution in [3.63, 3.8) is 0 Å². The number of fused-ring (bicyclic) bond motifs is 1. The smallest absolute Gasteiger partial charge is 0.317 e. The lowest BCUT2D eigenvalue weighted by Gasteiger charge is -2.36. The van der Waals surface area contributed by atoms with Gasteiger partial charge in [0, 0.05) is 32.0 Å². The third kappa shape index (κ3) is 3.21. The first-order valence-electron chi connectivity index (χ1n) is 8.53. The molecule has 7 heteroatoms. The van der Waals surface area contributed by atoms with E-state index >= 15 is 0 Å². The van der Waals surface area contributed by atoms with Gasteiger partial charge in [-0.3, -0.25) is 9.78 Å². The van der Waals surface area contributed by atoms with Crippen LogP contribution in [0.4, 0.5) is 4.79 Å². The standard InChI is InChI=1S/C17H22N4O3/c22-16-11-24-15-10-20(9-14(15)21(16)8-12-3-4-12)17(23)19-7-13-2-1-5-18-6-13/h1-2,5-6,12,14-15H,3-4,7-11H2,(H,19,23)/t14-,15-/m1/s1. The van der Waals surface area contributed by atoms with E-state index in [1.54, 1.807) is 17.3 Å². The number of likely N-dealkylation sites (tertiary alicyclic amines) is 1. The van der Waals surface area contributed by atoms with Crippen LogP contribution in [0.25, 0.3) is 0 Å². The number of rotatable bonds is 4. The molecule has 1 saturated carbocycles. The van der Waals surface area contributed by atoms with E-state index in [0.717, 1.165) is 12.1 Å². The van der Waals surface area contributed by atoms with Crippen LogP contribution in [0, 0.1) is 5.92 Å². The molecule has 2 atom stereocenters. The number of carbonyl (C=O) groups is 2. The van der Waals surface area contributed by atoms with Crippen molar-refractivity contribution in [3.05, 3.63) is 30.1 Å². The number of pyridine rings is 1. The maximum Gasteiger partial charge on any atom is 0.317 e. The largest absolute Gasteiger partial charge is 0.364 e. The first-order valence-corrected chi connectivity index (χ1v) is 8.53. The van der Waals surface area contributed by atoms with Crippen molar-refractivity contribution in [1.29, 1.82) is 0 Å². The molecule has 1 N–H and O–H groups in total. The van der Waals surface area contributed by atoms with Gasteiger partial charge in [0.25, 0.3) is 0 Å². The quantitative estimate of drug-likeness (QED) is 0.878. The molecule has 3 amide bonds. The number of urea groups is 1. The highest BCUT2D eigenvalue weighted by molar-refractivity contribution is 5.79. The van der Waals surface area contributed by atoms with E-state index in [4.69, 9.17) is 4.74 Å². The lowest BCUT2D eigenvalue weighted by atomic mass is 10.1. The molecule has 3 aliphatic rings. The Bertz CT molecular complexity index is 620. The van der Waals surface area contributed by atoms with Gasteiger partial charge in [-0.25, -0.2) is 4.79 Å². The molecule has 1 aliphatic carbocycles. The van der Waals surface area contributed by atoms with Crippen LogP contribution in [0.5, 0.6) is 0 Å². The van der Waals surface area contributed by atoms with Crippen molar-refractivity contribution in [2.24, 2.45) is 5.92 Å². The van der Waals surface area contributed by atoms with E-state index < -0.39 is 0 Å². The Labute approximate surface area is 141 Å². The molecular weight excluding hydrogens is 308 g/mol. The van der Waals surface area contributed by atoms with Gasteiger partial charge in [-0.15, -0.1) is 0 Å². The van der Waals surface area contributed by atoms with Gasteiger partial charge >= 0.3 is 6.03 Å². The number of carbonyl (C=O) groups excluding carboxylic acids is 2. The summed E-state index contributed by atoms with van der Waals surface area (Å²) in [7, 11) is 0. The molecule has 1 aromatic rings. The predicted octanol–water partition coefficient (Wildman–Crippen LogP) is 0.613. The maximum atomic E-state index is 12.4. The number of aromatic nitrogens is 1. The monoisotopic (exact) mass is 330 g/mol. The van der Waals surface area contributed by atoms with Crippen LogP contribution in [0.15, 0.2) is 24.5 Å². The summed E-state index contributed by atoms with van der Waals surface area (Å²) in [4.78, 5) is 32.3. The molecule has 3 heterocycles. The molecule has 0 bridgehead atoms. The van der Waals surface area contributed by atoms with Crippen LogP contribution < -0.4 is 5.32 Å². The van der Waals surface area contributed by atoms with Crippen molar-refractivity contribution < 1.29 is 14.3 Å². The van der Waals surface area contributed by atoms with Crippen LogP contribution in [0.1, 0.15) is 18.4 Å². The highest BCUT2D eigenvalue weighted by Gasteiger charge is 2.45. The van der Waals surface area contributed by atoms with Crippen LogP contribution in [-0.2, 0) is 16.1 Å². The molecule has 128 valence electrons. The van der Waals surface area contributed by atoms with Crippen LogP contribution in [-0.4, -0.2) is 65.1 Å². The van der Waals surface area contributed by atoms with Gasteiger partial charge in [-0.05, 0) is 30.4 Å². The topological polar surface area (TPSA) is 74.8 Å². The second-order valence-electron chi connectivity index (χ2n) is 6.83. The molecule has 4 rings (SSSR count). The molecule has 24 heavy (non-hydrogen) atoms. The second-order valence-corrected chi connectivity index (χ2v) is 6.83. The Balaban J connectivity index is 1.35. The highest BCUT2D eigenvalue weighted by Crippen LogP contribution is 2.33. The SMILES string of the molecule is O=C(NCc1cccnc1)N1C[C@@H]2[C@@H](C1)OCC(=O)N2CC1CC1. The zero-order valence-corrected chi connectivity index (χ0v) is 13.6. The van der Waals surface area contributed by atoms with E-state index in [9.17, 15) is 9.59 Å². The molecule has 1 aromatic heterocycles. The van der Waals surface area contributed by atoms with Crippen molar-refractivity contribution in [3.8, 4) is 0 Å². The Morgan fingerprint density at radius 1 is 1.38 bits per heavy atom. The molecule has 2 saturated heterocycles. The summed E-state index contributed by atoms with van der Waals surface area (Å²) in [5, 5.41) is 2.92. The number of nitrogens with one attached hydrogen (secondary N) is 1. The molecular formula is C17H22N4O3. The summed E-state index contributed by atoms with van der Waals surface area (Å²) in [6, 6.07) is 3.66. The fraction of sp³-hybridized carbons (Fsp3) is 0.588. The van der Waals surface area contributed by atoms with Crippen LogP contribution in [0.2, 0.25) is 0 Å². The number of ether oxygens (including phenoxy) is 1. The van der Waals surface area contributed by atoms with E-state index in [1.807, 2.05) is 17.0 Å². The van der Waals surface area contributed by atoms with Crippen LogP contribution >= 0.6 is 0 Å². The Morgan fingerprint density at radius 2 is 2.25 bits per heavy atom. The van der Waals surface area contributed by atoms with Crippen molar-refractivity contribution in [2.75, 3.05) is 26.2 Å². The van der Waals surface area contributed by atoms with Gasteiger partial charge in [-0.1, -0.05) is 6.07 Å². The minimum absolute atomic E-state index is 0.00371. The summed E-state index contributed by atoms with van der Waals surface area (Å²) in [5.74, 6) is 0.696. The van der Waals surface area contributed by atoms with E-state index in [0.29, 0.717) is 25.6 Å². The minimum Gasteiger partial charge on any atom is -0.364 e. The Hall–Kier alpha value is -2.15. The Morgan fingerprint density at radius 3 is 3.00 bits per heavy atom. The maximum absolute atomic E-state index is 12.4. The normalized spacial score (nSPS) is 26.4. The fourth-order valence-corrected chi connectivity index (χ4v) is 3.44. The number of nitrogens with zero attached hydrogens (tertiary/aromatic N) is 3. The fourth-order valence-electron chi connectivity index (χ4n) is 3.44. The number of amides is 3. The first kappa shape index (κ1) is 15.4. The summed E-state index contributed by atoms with van der Waals surface area (Å²) < 4.78 is 5.67. The summed E-state index contributed by atoms with van der Waals surface area (Å²) >= 11 is 0. The second kappa shape index (κ2) is 6.39. The van der Waals surface area contributed by atoms with E-state index in [2.05, 4.69) is 10.3 Å². The number of hydrogen-bond acceptors (Lipinski definition) is 4. The zero-order valence-electron chi connectivity index (χ0n) is 13.6. The third-order valence-electron chi connectivity index (χ3n) is 4.98. The first-order chi connectivity index (χ1) is 11.7. The third-order valence-corrected chi connectivity index (χ3v) is 4.98. The average Bonchev–Trinajstić information content (AvgIpc) is 3.32. The molecule has 0 unspecified atom stereocenters. The molecule has 3 fully saturated rings. The van der Waals surface area contributed by atoms with Crippen molar-refractivity contribution in [2.45, 2.75) is 31.5 Å². The van der Waals surface area contributed by atoms with Gasteiger partial charge in [0.1, 0.15) is 6.61 Å². The summed E-state index contributed by atoms with van der Waals surface area (Å²) in [5.41, 5.74) is 0.962. The van der Waals surface area contributed by atoms with Crippen LogP contribution in [0.3, 0.4) is 0 Å². The lowest BCUT2D eigenvalue weighted by Crippen LogP contribution is -2.54. The van der Waals surface area contributed by atoms with E-state index in [1.165, 1.54) is 12.8 Å². The Kier molecular flexibility index (Phi) is 4.10. The summed E-state index contributed by atoms with van der Waals surface area (Å²) in [6.45, 7) is 2.48. The minimum atomic E-state index is -0.115. The summed E-state index contributed by atoms with van der Waals surface area (Å²) in [6.07, 6.45) is 5.79. The lowest BCUT2D eigenvalue weighted by molar-refractivity contribution is -0.153. The molecule has 7 nitrogen and oxygen atoms in total. The zero-order chi connectivity index (χ0) is 16.5. The van der Waals surface area contributed by atoms with Gasteiger partial charge in [0.2, 0.25) is 5.91 Å². The molecule has 0 radical (unpaired) electrons.